The van der Waals surface area contributed by atoms with Gasteiger partial charge in [0.25, 0.3) is 5.56 Å². The Labute approximate surface area is 206 Å². The summed E-state index contributed by atoms with van der Waals surface area (Å²) in [6.45, 7) is 1.83. The lowest BCUT2D eigenvalue weighted by molar-refractivity contribution is 0.487. The van der Waals surface area contributed by atoms with Crippen molar-refractivity contribution in [3.8, 4) is 23.3 Å². The number of nitriles is 1. The van der Waals surface area contributed by atoms with E-state index in [1.807, 2.05) is 73.7 Å². The first-order valence-electron chi connectivity index (χ1n) is 11.2. The maximum Gasteiger partial charge on any atom is 0.269 e. The molecule has 1 unspecified atom stereocenters. The zero-order chi connectivity index (χ0) is 25.1. The fourth-order valence-electron chi connectivity index (χ4n) is 3.89. The third kappa shape index (κ3) is 4.31. The van der Waals surface area contributed by atoms with Gasteiger partial charge in [0.1, 0.15) is 40.2 Å². The second-order valence-corrected chi connectivity index (χ2v) is 7.98. The standard InChI is InChI=1S/C27H21N7O2/c1-17(31-24-18(15-28)16-30-27(29)33-24)25-32-21-13-8-14-22(36-20-11-6-3-7-12-20)23(21)26(35)34(25)19-9-4-2-5-10-19/h2-14,16-17H,1H3,(H3,29,30,31,33). The monoisotopic (exact) mass is 475 g/mol. The van der Waals surface area contributed by atoms with Crippen LogP contribution in [0.4, 0.5) is 11.8 Å². The van der Waals surface area contributed by atoms with E-state index in [4.69, 9.17) is 15.5 Å². The molecular weight excluding hydrogens is 454 g/mol. The summed E-state index contributed by atoms with van der Waals surface area (Å²) >= 11 is 0. The molecule has 9 nitrogen and oxygen atoms in total. The first-order chi connectivity index (χ1) is 17.5. The van der Waals surface area contributed by atoms with Crippen molar-refractivity contribution in [2.24, 2.45) is 0 Å². The average Bonchev–Trinajstić information content (AvgIpc) is 2.90. The van der Waals surface area contributed by atoms with E-state index in [0.717, 1.165) is 0 Å². The molecule has 0 bridgehead atoms. The number of anilines is 2. The molecule has 0 spiro atoms. The van der Waals surface area contributed by atoms with Crippen LogP contribution < -0.4 is 21.3 Å². The molecular formula is C27H21N7O2. The maximum absolute atomic E-state index is 14.0. The van der Waals surface area contributed by atoms with Crippen LogP contribution in [0.5, 0.6) is 11.5 Å². The van der Waals surface area contributed by atoms with E-state index in [1.165, 1.54) is 10.8 Å². The average molecular weight is 476 g/mol. The molecule has 176 valence electrons. The molecule has 1 atom stereocenters. The Hall–Kier alpha value is -5.23. The van der Waals surface area contributed by atoms with Gasteiger partial charge in [-0.25, -0.2) is 9.97 Å². The number of nitrogen functional groups attached to an aromatic ring is 1. The number of hydrogen-bond acceptors (Lipinski definition) is 8. The third-order valence-electron chi connectivity index (χ3n) is 5.54. The van der Waals surface area contributed by atoms with Gasteiger partial charge < -0.3 is 15.8 Å². The molecule has 0 saturated heterocycles. The van der Waals surface area contributed by atoms with E-state index in [-0.39, 0.29) is 22.9 Å². The van der Waals surface area contributed by atoms with E-state index >= 15 is 0 Å². The maximum atomic E-state index is 14.0. The first-order valence-corrected chi connectivity index (χ1v) is 11.2. The number of nitrogens with one attached hydrogen (secondary N) is 1. The summed E-state index contributed by atoms with van der Waals surface area (Å²) in [6, 6.07) is 25.3. The highest BCUT2D eigenvalue weighted by Gasteiger charge is 2.21. The molecule has 2 aromatic heterocycles. The molecule has 0 radical (unpaired) electrons. The predicted octanol–water partition coefficient (Wildman–Crippen LogP) is 4.59. The Kier molecular flexibility index (Phi) is 5.99. The zero-order valence-electron chi connectivity index (χ0n) is 19.3. The molecule has 5 rings (SSSR count). The van der Waals surface area contributed by atoms with Crippen LogP contribution in [-0.2, 0) is 0 Å². The van der Waals surface area contributed by atoms with Gasteiger partial charge in [0, 0.05) is 0 Å². The van der Waals surface area contributed by atoms with Gasteiger partial charge in [0.05, 0.1) is 23.4 Å². The largest absolute Gasteiger partial charge is 0.456 e. The lowest BCUT2D eigenvalue weighted by Crippen LogP contribution is -2.28. The second kappa shape index (κ2) is 9.56. The van der Waals surface area contributed by atoms with Crippen molar-refractivity contribution in [3.05, 3.63) is 107 Å². The third-order valence-corrected chi connectivity index (χ3v) is 5.54. The Bertz CT molecular complexity index is 1650. The van der Waals surface area contributed by atoms with Gasteiger partial charge in [-0.05, 0) is 43.3 Å². The molecule has 36 heavy (non-hydrogen) atoms. The quantitative estimate of drug-likeness (QED) is 0.364. The summed E-state index contributed by atoms with van der Waals surface area (Å²) in [5.41, 5.74) is 6.79. The number of aromatic nitrogens is 4. The van der Waals surface area contributed by atoms with Crippen molar-refractivity contribution in [2.45, 2.75) is 13.0 Å². The van der Waals surface area contributed by atoms with E-state index in [1.54, 1.807) is 18.2 Å². The SMILES string of the molecule is CC(Nc1nc(N)ncc1C#N)c1nc2cccc(Oc3ccccc3)c2c(=O)n1-c1ccccc1. The van der Waals surface area contributed by atoms with E-state index in [9.17, 15) is 10.1 Å². The number of benzene rings is 3. The molecule has 0 saturated carbocycles. The molecule has 0 fully saturated rings. The summed E-state index contributed by atoms with van der Waals surface area (Å²) in [5, 5.41) is 13.0. The van der Waals surface area contributed by atoms with Crippen molar-refractivity contribution < 1.29 is 4.74 Å². The Morgan fingerprint density at radius 1 is 1.00 bits per heavy atom. The lowest BCUT2D eigenvalue weighted by Gasteiger charge is -2.21. The highest BCUT2D eigenvalue weighted by atomic mass is 16.5. The number of ether oxygens (including phenoxy) is 1. The van der Waals surface area contributed by atoms with E-state index in [0.29, 0.717) is 33.9 Å². The van der Waals surface area contributed by atoms with Crippen LogP contribution in [0.1, 0.15) is 24.4 Å². The second-order valence-electron chi connectivity index (χ2n) is 7.98. The van der Waals surface area contributed by atoms with Gasteiger partial charge in [-0.1, -0.05) is 42.5 Å². The van der Waals surface area contributed by atoms with Crippen molar-refractivity contribution in [1.29, 1.82) is 5.26 Å². The zero-order valence-corrected chi connectivity index (χ0v) is 19.3. The molecule has 5 aromatic rings. The number of para-hydroxylation sites is 2. The number of nitrogens with two attached hydrogens (primary N) is 1. The molecule has 3 N–H and O–H groups in total. The van der Waals surface area contributed by atoms with Gasteiger partial charge in [0.15, 0.2) is 0 Å². The number of nitrogens with zero attached hydrogens (tertiary/aromatic N) is 5. The molecule has 0 aliphatic carbocycles. The summed E-state index contributed by atoms with van der Waals surface area (Å²) < 4.78 is 7.60. The normalized spacial score (nSPS) is 11.6. The van der Waals surface area contributed by atoms with Gasteiger partial charge in [-0.3, -0.25) is 9.36 Å². The number of fused-ring (bicyclic) bond motifs is 1. The van der Waals surface area contributed by atoms with Gasteiger partial charge >= 0.3 is 0 Å². The van der Waals surface area contributed by atoms with Crippen molar-refractivity contribution in [1.82, 2.24) is 19.5 Å². The van der Waals surface area contributed by atoms with E-state index in [2.05, 4.69) is 15.3 Å². The van der Waals surface area contributed by atoms with Crippen LogP contribution in [0.15, 0.2) is 89.9 Å². The van der Waals surface area contributed by atoms with Gasteiger partial charge in [-0.2, -0.15) is 10.2 Å². The molecule has 2 heterocycles. The van der Waals surface area contributed by atoms with Crippen LogP contribution in [0.25, 0.3) is 16.6 Å². The highest BCUT2D eigenvalue weighted by Crippen LogP contribution is 2.29. The fraction of sp³-hybridized carbons (Fsp3) is 0.0741. The summed E-state index contributed by atoms with van der Waals surface area (Å²) in [4.78, 5) is 26.9. The number of hydrogen-bond donors (Lipinski definition) is 2. The van der Waals surface area contributed by atoms with Crippen LogP contribution in [-0.4, -0.2) is 19.5 Å². The smallest absolute Gasteiger partial charge is 0.269 e. The molecule has 0 amide bonds. The summed E-state index contributed by atoms with van der Waals surface area (Å²) in [5.74, 6) is 1.73. The molecule has 3 aromatic carbocycles. The van der Waals surface area contributed by atoms with Gasteiger partial charge in [-0.15, -0.1) is 0 Å². The Morgan fingerprint density at radius 3 is 2.44 bits per heavy atom. The summed E-state index contributed by atoms with van der Waals surface area (Å²) in [6.07, 6.45) is 1.35. The minimum absolute atomic E-state index is 0.0262. The lowest BCUT2D eigenvalue weighted by atomic mass is 10.1. The molecule has 0 aliphatic rings. The Morgan fingerprint density at radius 2 is 1.72 bits per heavy atom. The van der Waals surface area contributed by atoms with Crippen LogP contribution >= 0.6 is 0 Å². The molecule has 9 heteroatoms. The van der Waals surface area contributed by atoms with Crippen molar-refractivity contribution >= 4 is 22.7 Å². The van der Waals surface area contributed by atoms with Gasteiger partial charge in [0.2, 0.25) is 5.95 Å². The predicted molar refractivity (Wildman–Crippen MR) is 137 cm³/mol. The minimum Gasteiger partial charge on any atom is -0.456 e. The minimum atomic E-state index is -0.526. The Balaban J connectivity index is 1.69. The van der Waals surface area contributed by atoms with Crippen molar-refractivity contribution in [2.75, 3.05) is 11.1 Å². The van der Waals surface area contributed by atoms with Crippen molar-refractivity contribution in [3.63, 3.8) is 0 Å². The van der Waals surface area contributed by atoms with Crippen LogP contribution in [0.3, 0.4) is 0 Å². The molecule has 0 aliphatic heterocycles. The first kappa shape index (κ1) is 22.6. The number of rotatable bonds is 6. The summed E-state index contributed by atoms with van der Waals surface area (Å²) in [7, 11) is 0. The highest BCUT2D eigenvalue weighted by molar-refractivity contribution is 5.85. The fourth-order valence-corrected chi connectivity index (χ4v) is 3.89. The van der Waals surface area contributed by atoms with Crippen LogP contribution in [0, 0.1) is 11.3 Å². The van der Waals surface area contributed by atoms with Crippen LogP contribution in [0.2, 0.25) is 0 Å². The topological polar surface area (TPSA) is 132 Å². The van der Waals surface area contributed by atoms with E-state index < -0.39 is 6.04 Å².